The number of morpholine rings is 2. The van der Waals surface area contributed by atoms with E-state index in [2.05, 4.69) is 102 Å². The number of carbonyl (C=O) groups is 3. The van der Waals surface area contributed by atoms with Gasteiger partial charge in [-0.1, -0.05) is 73.4 Å². The van der Waals surface area contributed by atoms with Crippen molar-refractivity contribution in [2.75, 3.05) is 104 Å². The van der Waals surface area contributed by atoms with Crippen molar-refractivity contribution in [3.63, 3.8) is 0 Å². The first-order valence-electron chi connectivity index (χ1n) is 26.5. The van der Waals surface area contributed by atoms with Gasteiger partial charge in [0, 0.05) is 52.4 Å². The van der Waals surface area contributed by atoms with Crippen LogP contribution in [0.1, 0.15) is 126 Å². The van der Waals surface area contributed by atoms with E-state index in [0.29, 0.717) is 81.6 Å². The minimum atomic E-state index is -0.913. The second-order valence-corrected chi connectivity index (χ2v) is 21.6. The van der Waals surface area contributed by atoms with Crippen LogP contribution in [-0.2, 0) is 19.1 Å². The molecule has 4 saturated heterocycles. The van der Waals surface area contributed by atoms with Crippen LogP contribution in [0.15, 0.2) is 33.5 Å². The van der Waals surface area contributed by atoms with Gasteiger partial charge in [0.05, 0.1) is 44.0 Å². The van der Waals surface area contributed by atoms with Crippen molar-refractivity contribution < 1.29 is 28.3 Å². The Morgan fingerprint density at radius 3 is 1.70 bits per heavy atom. The van der Waals surface area contributed by atoms with E-state index in [4.69, 9.17) is 13.9 Å². The molecule has 18 nitrogen and oxygen atoms in total. The summed E-state index contributed by atoms with van der Waals surface area (Å²) in [4.78, 5) is 64.9. The third kappa shape index (κ3) is 17.7. The second kappa shape index (κ2) is 27.3. The number of aromatic nitrogens is 1. The van der Waals surface area contributed by atoms with Gasteiger partial charge in [0.25, 0.3) is 0 Å². The van der Waals surface area contributed by atoms with E-state index in [1.807, 2.05) is 12.1 Å². The van der Waals surface area contributed by atoms with Crippen LogP contribution in [0, 0.1) is 33.5 Å². The zero-order valence-corrected chi connectivity index (χ0v) is 44.0. The first kappa shape index (κ1) is 57.1. The molecule has 1 aromatic heterocycles. The molecule has 4 N–H and O–H groups in total. The fourth-order valence-electron chi connectivity index (χ4n) is 9.41. The van der Waals surface area contributed by atoms with Crippen molar-refractivity contribution in [2.24, 2.45) is 10.8 Å². The Labute approximate surface area is 422 Å². The van der Waals surface area contributed by atoms with E-state index in [1.54, 1.807) is 17.0 Å². The lowest BCUT2D eigenvalue weighted by Gasteiger charge is -2.39. The molecule has 6 rings (SSSR count). The molecular formula is C53H85N11O7. The number of nitrogens with zero attached hydrogens (tertiary/aromatic N) is 7. The number of hydrogen-bond acceptors (Lipinski definition) is 14. The second-order valence-electron chi connectivity index (χ2n) is 21.6. The SMILES string of the molecule is CCC(C)(C)CCC(Nc1nc(=O)oc2ccccc12)C(=O)NC1(C#N)CCN(CCCN2CCOCC2)CC1.CCCN1CCC(C#N)(NC(=O)C(CCC(C)(C)CC)NC(=O)N2CCOCC2)CC1. The van der Waals surface area contributed by atoms with Crippen molar-refractivity contribution in [1.82, 2.24) is 40.5 Å². The lowest BCUT2D eigenvalue weighted by Crippen LogP contribution is -2.60. The van der Waals surface area contributed by atoms with Crippen LogP contribution >= 0.6 is 0 Å². The molecular weight excluding hydrogens is 903 g/mol. The number of likely N-dealkylation sites (tertiary alicyclic amines) is 2. The summed E-state index contributed by atoms with van der Waals surface area (Å²) < 4.78 is 16.0. The number of piperidine rings is 2. The summed E-state index contributed by atoms with van der Waals surface area (Å²) in [6, 6.07) is 10.4. The lowest BCUT2D eigenvalue weighted by molar-refractivity contribution is -0.125. The summed E-state index contributed by atoms with van der Waals surface area (Å²) in [7, 11) is 0. The van der Waals surface area contributed by atoms with Gasteiger partial charge in [-0.2, -0.15) is 15.5 Å². The molecule has 2 unspecified atom stereocenters. The molecule has 1 aromatic carbocycles. The maximum Gasteiger partial charge on any atom is 0.441 e. The van der Waals surface area contributed by atoms with Crippen molar-refractivity contribution in [3.8, 4) is 12.1 Å². The van der Waals surface area contributed by atoms with E-state index >= 15 is 0 Å². The molecule has 2 atom stereocenters. The van der Waals surface area contributed by atoms with E-state index in [-0.39, 0.29) is 28.7 Å². The smallest absolute Gasteiger partial charge is 0.408 e. The van der Waals surface area contributed by atoms with E-state index in [0.717, 1.165) is 111 Å². The first-order chi connectivity index (χ1) is 34.0. The topological polar surface area (TPSA) is 221 Å². The average Bonchev–Trinajstić information content (AvgIpc) is 3.38. The highest BCUT2D eigenvalue weighted by Gasteiger charge is 2.40. The molecule has 0 radical (unpaired) electrons. The molecule has 2 aromatic rings. The number of amides is 4. The van der Waals surface area contributed by atoms with Crippen molar-refractivity contribution in [3.05, 3.63) is 34.8 Å². The summed E-state index contributed by atoms with van der Waals surface area (Å²) in [5, 5.41) is 33.0. The number of hydrogen-bond donors (Lipinski definition) is 4. The van der Waals surface area contributed by atoms with Gasteiger partial charge in [-0.15, -0.1) is 0 Å². The number of nitrogens with one attached hydrogen (secondary N) is 4. The number of anilines is 1. The standard InChI is InChI=1S/C30H44N6O4.C23H41N5O3/c1-4-29(2,3)11-10-24(32-26-23-8-5-6-9-25(23)40-28(38)33-26)27(37)34-30(22-31)12-16-35(17-13-30)14-7-15-36-18-20-39-21-19-36;1-5-11-27-12-9-23(18-24,10-13-27)26-20(29)19(7-8-22(3,4)6-2)25-21(30)28-14-16-31-17-15-28/h5-6,8-9,24H,4,7,10-21H2,1-3H3,(H,34,37)(H,32,33,38);19H,5-17H2,1-4H3,(H,25,30)(H,26,29). The molecule has 0 aliphatic carbocycles. The Kier molecular flexibility index (Phi) is 21.9. The van der Waals surface area contributed by atoms with Gasteiger partial charge >= 0.3 is 11.8 Å². The molecule has 71 heavy (non-hydrogen) atoms. The van der Waals surface area contributed by atoms with Gasteiger partial charge in [0.15, 0.2) is 0 Å². The Morgan fingerprint density at radius 1 is 0.704 bits per heavy atom. The molecule has 0 saturated carbocycles. The highest BCUT2D eigenvalue weighted by molar-refractivity contribution is 5.91. The predicted octanol–water partition coefficient (Wildman–Crippen LogP) is 5.88. The quantitative estimate of drug-likeness (QED) is 0.115. The van der Waals surface area contributed by atoms with Crippen LogP contribution in [0.5, 0.6) is 0 Å². The summed E-state index contributed by atoms with van der Waals surface area (Å²) >= 11 is 0. The van der Waals surface area contributed by atoms with Crippen LogP contribution in [0.3, 0.4) is 0 Å². The Hall–Kier alpha value is -4.85. The van der Waals surface area contributed by atoms with Crippen molar-refractivity contribution in [1.29, 1.82) is 10.5 Å². The molecule has 0 bridgehead atoms. The largest absolute Gasteiger partial charge is 0.441 e. The van der Waals surface area contributed by atoms with E-state index < -0.39 is 28.9 Å². The Morgan fingerprint density at radius 2 is 1.18 bits per heavy atom. The highest BCUT2D eigenvalue weighted by atomic mass is 16.5. The molecule has 4 fully saturated rings. The van der Waals surface area contributed by atoms with Crippen molar-refractivity contribution >= 4 is 34.6 Å². The van der Waals surface area contributed by atoms with Gasteiger partial charge in [0.1, 0.15) is 34.6 Å². The molecule has 4 amide bonds. The monoisotopic (exact) mass is 988 g/mol. The van der Waals surface area contributed by atoms with Gasteiger partial charge in [-0.3, -0.25) is 14.5 Å². The number of para-hydroxylation sites is 1. The minimum Gasteiger partial charge on any atom is -0.408 e. The number of fused-ring (bicyclic) bond motifs is 1. The third-order valence-electron chi connectivity index (χ3n) is 15.4. The molecule has 18 heteroatoms. The van der Waals surface area contributed by atoms with E-state index in [1.165, 1.54) is 0 Å². The Bertz CT molecular complexity index is 2140. The minimum absolute atomic E-state index is 0.0465. The lowest BCUT2D eigenvalue weighted by atomic mass is 9.83. The fraction of sp³-hybridized carbons (Fsp3) is 0.755. The zero-order valence-electron chi connectivity index (χ0n) is 44.0. The summed E-state index contributed by atoms with van der Waals surface area (Å²) in [6.07, 6.45) is 9.20. The number of nitriles is 2. The average molecular weight is 988 g/mol. The van der Waals surface area contributed by atoms with Gasteiger partial charge < -0.3 is 49.9 Å². The van der Waals surface area contributed by atoms with Crippen LogP contribution in [0.4, 0.5) is 10.6 Å². The maximum atomic E-state index is 13.8. The molecule has 0 spiro atoms. The highest BCUT2D eigenvalue weighted by Crippen LogP contribution is 2.31. The van der Waals surface area contributed by atoms with Crippen LogP contribution in [0.25, 0.3) is 11.0 Å². The normalized spacial score (nSPS) is 19.8. The van der Waals surface area contributed by atoms with Gasteiger partial charge in [-0.25, -0.2) is 9.59 Å². The Balaban J connectivity index is 0.000000273. The summed E-state index contributed by atoms with van der Waals surface area (Å²) in [5.41, 5.74) is -1.23. The predicted molar refractivity (Wildman–Crippen MR) is 276 cm³/mol. The number of benzene rings is 1. The number of urea groups is 1. The van der Waals surface area contributed by atoms with E-state index in [9.17, 15) is 29.7 Å². The summed E-state index contributed by atoms with van der Waals surface area (Å²) in [5.74, 6) is -0.890. The van der Waals surface area contributed by atoms with Crippen LogP contribution in [0.2, 0.25) is 0 Å². The van der Waals surface area contributed by atoms with Crippen LogP contribution < -0.4 is 27.0 Å². The zero-order chi connectivity index (χ0) is 51.5. The molecule has 394 valence electrons. The molecule has 4 aliphatic rings. The first-order valence-corrected chi connectivity index (χ1v) is 26.5. The summed E-state index contributed by atoms with van der Waals surface area (Å²) in [6.45, 7) is 27.0. The molecule has 5 heterocycles. The van der Waals surface area contributed by atoms with Crippen LogP contribution in [-0.4, -0.2) is 164 Å². The number of ether oxygens (including phenoxy) is 2. The maximum absolute atomic E-state index is 13.8. The molecule has 4 aliphatic heterocycles. The third-order valence-corrected chi connectivity index (χ3v) is 15.4. The van der Waals surface area contributed by atoms with Gasteiger partial charge in [0.2, 0.25) is 11.8 Å². The van der Waals surface area contributed by atoms with Gasteiger partial charge in [-0.05, 0) is 107 Å². The number of rotatable bonds is 21. The van der Waals surface area contributed by atoms with Crippen molar-refractivity contribution in [2.45, 2.75) is 149 Å². The fourth-order valence-corrected chi connectivity index (χ4v) is 9.41. The number of carbonyl (C=O) groups excluding carboxylic acids is 3.